The molecule has 0 radical (unpaired) electrons. The summed E-state index contributed by atoms with van der Waals surface area (Å²) in [6.07, 6.45) is 2.25. The summed E-state index contributed by atoms with van der Waals surface area (Å²) in [6, 6.07) is 10.3. The maximum atomic E-state index is 14.6. The quantitative estimate of drug-likeness (QED) is 0.643. The van der Waals surface area contributed by atoms with E-state index < -0.39 is 17.8 Å². The average Bonchev–Trinajstić information content (AvgIpc) is 3.16. The summed E-state index contributed by atoms with van der Waals surface area (Å²) in [4.78, 5) is 40.9. The van der Waals surface area contributed by atoms with E-state index in [1.807, 2.05) is 19.1 Å². The number of rotatable bonds is 6. The number of ether oxygens (including phenoxy) is 1. The van der Waals surface area contributed by atoms with Gasteiger partial charge in [-0.25, -0.2) is 4.39 Å². The molecule has 7 nitrogen and oxygen atoms in total. The third-order valence-electron chi connectivity index (χ3n) is 7.32. The maximum Gasteiger partial charge on any atom is 0.255 e. The number of fused-ring (bicyclic) bond motifs is 1. The molecule has 35 heavy (non-hydrogen) atoms. The number of carbonyl (C=O) groups is 3. The second-order valence-corrected chi connectivity index (χ2v) is 9.55. The number of nitrogens with zero attached hydrogens (tertiary/aromatic N) is 2. The van der Waals surface area contributed by atoms with Gasteiger partial charge in [0, 0.05) is 25.1 Å². The first-order chi connectivity index (χ1) is 16.9. The van der Waals surface area contributed by atoms with Crippen LogP contribution >= 0.6 is 0 Å². The van der Waals surface area contributed by atoms with E-state index in [1.54, 1.807) is 6.07 Å². The van der Waals surface area contributed by atoms with Gasteiger partial charge in [0.1, 0.15) is 17.6 Å². The molecule has 184 valence electrons. The fourth-order valence-corrected chi connectivity index (χ4v) is 5.54. The molecule has 0 aliphatic carbocycles. The van der Waals surface area contributed by atoms with Crippen molar-refractivity contribution in [2.45, 2.75) is 57.7 Å². The van der Waals surface area contributed by atoms with Gasteiger partial charge in [0.15, 0.2) is 0 Å². The van der Waals surface area contributed by atoms with E-state index in [4.69, 9.17) is 4.74 Å². The second-order valence-electron chi connectivity index (χ2n) is 9.55. The van der Waals surface area contributed by atoms with E-state index in [0.29, 0.717) is 18.6 Å². The van der Waals surface area contributed by atoms with E-state index in [-0.39, 0.29) is 30.7 Å². The molecular weight excluding hydrogens is 449 g/mol. The SMILES string of the molecule is CCOc1ccc(CN2CCC(c3cc(F)cc4c3CN(C3CCC(=O)NC3=O)C4=O)CC2)cc1. The Kier molecular flexibility index (Phi) is 6.56. The number of nitrogens with one attached hydrogen (secondary N) is 1. The monoisotopic (exact) mass is 479 g/mol. The fraction of sp³-hybridized carbons (Fsp3) is 0.444. The molecule has 1 N–H and O–H groups in total. The summed E-state index contributed by atoms with van der Waals surface area (Å²) in [5.74, 6) is -0.496. The molecule has 2 aromatic rings. The summed E-state index contributed by atoms with van der Waals surface area (Å²) >= 11 is 0. The Bertz CT molecular complexity index is 1140. The molecular formula is C27H30FN3O4. The van der Waals surface area contributed by atoms with Gasteiger partial charge in [0.25, 0.3) is 5.91 Å². The topological polar surface area (TPSA) is 79.0 Å². The molecule has 2 aromatic carbocycles. The summed E-state index contributed by atoms with van der Waals surface area (Å²) < 4.78 is 20.1. The van der Waals surface area contributed by atoms with Crippen LogP contribution in [0.5, 0.6) is 5.75 Å². The van der Waals surface area contributed by atoms with E-state index in [2.05, 4.69) is 22.3 Å². The highest BCUT2D eigenvalue weighted by molar-refractivity contribution is 6.05. The number of likely N-dealkylation sites (tertiary alicyclic amines) is 1. The molecule has 0 bridgehead atoms. The predicted molar refractivity (Wildman–Crippen MR) is 127 cm³/mol. The second kappa shape index (κ2) is 9.77. The highest BCUT2D eigenvalue weighted by Gasteiger charge is 2.41. The molecule has 5 rings (SSSR count). The van der Waals surface area contributed by atoms with Gasteiger partial charge in [0.05, 0.1) is 6.61 Å². The molecule has 8 heteroatoms. The van der Waals surface area contributed by atoms with Crippen LogP contribution < -0.4 is 10.1 Å². The zero-order chi connectivity index (χ0) is 24.5. The van der Waals surface area contributed by atoms with Crippen LogP contribution in [0.2, 0.25) is 0 Å². The van der Waals surface area contributed by atoms with Crippen molar-refractivity contribution in [1.29, 1.82) is 0 Å². The summed E-state index contributed by atoms with van der Waals surface area (Å²) in [7, 11) is 0. The number of halogens is 1. The molecule has 3 aliphatic heterocycles. The summed E-state index contributed by atoms with van der Waals surface area (Å²) in [5.41, 5.74) is 3.28. The molecule has 1 unspecified atom stereocenters. The third-order valence-corrected chi connectivity index (χ3v) is 7.32. The van der Waals surface area contributed by atoms with Crippen molar-refractivity contribution in [3.05, 3.63) is 64.5 Å². The van der Waals surface area contributed by atoms with Crippen molar-refractivity contribution < 1.29 is 23.5 Å². The Hall–Kier alpha value is -3.26. The van der Waals surface area contributed by atoms with Crippen LogP contribution in [-0.4, -0.2) is 53.3 Å². The van der Waals surface area contributed by atoms with E-state index in [1.165, 1.54) is 16.5 Å². The number of carbonyl (C=O) groups excluding carboxylic acids is 3. The van der Waals surface area contributed by atoms with Crippen molar-refractivity contribution in [3.63, 3.8) is 0 Å². The van der Waals surface area contributed by atoms with Crippen LogP contribution in [0, 0.1) is 5.82 Å². The third kappa shape index (κ3) is 4.80. The Morgan fingerprint density at radius 1 is 1.06 bits per heavy atom. The maximum absolute atomic E-state index is 14.6. The predicted octanol–water partition coefficient (Wildman–Crippen LogP) is 3.37. The number of piperidine rings is 2. The highest BCUT2D eigenvalue weighted by atomic mass is 19.1. The van der Waals surface area contributed by atoms with Gasteiger partial charge >= 0.3 is 0 Å². The van der Waals surface area contributed by atoms with Gasteiger partial charge in [0.2, 0.25) is 11.8 Å². The molecule has 0 saturated carbocycles. The van der Waals surface area contributed by atoms with E-state index >= 15 is 0 Å². The Morgan fingerprint density at radius 2 is 1.80 bits per heavy atom. The average molecular weight is 480 g/mol. The largest absolute Gasteiger partial charge is 0.494 e. The van der Waals surface area contributed by atoms with Crippen molar-refractivity contribution in [3.8, 4) is 5.75 Å². The van der Waals surface area contributed by atoms with Gasteiger partial charge in [-0.1, -0.05) is 12.1 Å². The Balaban J connectivity index is 1.27. The van der Waals surface area contributed by atoms with Crippen LogP contribution in [0.1, 0.15) is 65.6 Å². The molecule has 0 spiro atoms. The number of hydrogen-bond donors (Lipinski definition) is 1. The number of hydrogen-bond acceptors (Lipinski definition) is 5. The van der Waals surface area contributed by atoms with Crippen LogP contribution in [0.15, 0.2) is 36.4 Å². The zero-order valence-electron chi connectivity index (χ0n) is 19.9. The first-order valence-corrected chi connectivity index (χ1v) is 12.3. The number of amides is 3. The van der Waals surface area contributed by atoms with Crippen molar-refractivity contribution in [1.82, 2.24) is 15.1 Å². The molecule has 3 amide bonds. The minimum Gasteiger partial charge on any atom is -0.494 e. The smallest absolute Gasteiger partial charge is 0.255 e. The van der Waals surface area contributed by atoms with Gasteiger partial charge in [-0.15, -0.1) is 0 Å². The highest BCUT2D eigenvalue weighted by Crippen LogP contribution is 2.38. The minimum absolute atomic E-state index is 0.158. The lowest BCUT2D eigenvalue weighted by molar-refractivity contribution is -0.136. The lowest BCUT2D eigenvalue weighted by Crippen LogP contribution is -2.52. The standard InChI is InChI=1S/C27H30FN3O4/c1-2-35-20-5-3-17(4-6-20)15-30-11-9-18(10-12-30)21-13-19(28)14-22-23(21)16-31(27(22)34)24-7-8-25(32)29-26(24)33/h3-6,13-14,18,24H,2,7-12,15-16H2,1H3,(H,29,32,33). The van der Waals surface area contributed by atoms with Crippen LogP contribution in [0.3, 0.4) is 0 Å². The molecule has 1 atom stereocenters. The Labute approximate surface area is 204 Å². The number of benzene rings is 2. The summed E-state index contributed by atoms with van der Waals surface area (Å²) in [5, 5.41) is 2.32. The van der Waals surface area contributed by atoms with Crippen molar-refractivity contribution in [2.75, 3.05) is 19.7 Å². The Morgan fingerprint density at radius 3 is 2.49 bits per heavy atom. The lowest BCUT2D eigenvalue weighted by atomic mass is 9.85. The van der Waals surface area contributed by atoms with Gasteiger partial charge in [-0.05, 0) is 86.1 Å². The van der Waals surface area contributed by atoms with Gasteiger partial charge in [-0.3, -0.25) is 24.6 Å². The fourth-order valence-electron chi connectivity index (χ4n) is 5.54. The zero-order valence-corrected chi connectivity index (χ0v) is 19.9. The first-order valence-electron chi connectivity index (χ1n) is 12.3. The molecule has 2 fully saturated rings. The van der Waals surface area contributed by atoms with Crippen molar-refractivity contribution in [2.24, 2.45) is 0 Å². The van der Waals surface area contributed by atoms with Crippen LogP contribution in [0.25, 0.3) is 0 Å². The van der Waals surface area contributed by atoms with Gasteiger partial charge < -0.3 is 9.64 Å². The molecule has 2 saturated heterocycles. The number of imide groups is 1. The van der Waals surface area contributed by atoms with E-state index in [9.17, 15) is 18.8 Å². The summed E-state index contributed by atoms with van der Waals surface area (Å²) in [6.45, 7) is 5.51. The van der Waals surface area contributed by atoms with Crippen molar-refractivity contribution >= 4 is 17.7 Å². The van der Waals surface area contributed by atoms with Crippen LogP contribution in [-0.2, 0) is 22.7 Å². The van der Waals surface area contributed by atoms with Gasteiger partial charge in [-0.2, -0.15) is 0 Å². The molecule has 3 heterocycles. The first kappa shape index (κ1) is 23.5. The normalized spacial score (nSPS) is 21.3. The lowest BCUT2D eigenvalue weighted by Gasteiger charge is -2.33. The minimum atomic E-state index is -0.695. The van der Waals surface area contributed by atoms with Crippen LogP contribution in [0.4, 0.5) is 4.39 Å². The van der Waals surface area contributed by atoms with E-state index in [0.717, 1.165) is 49.4 Å². The molecule has 0 aromatic heterocycles. The molecule has 3 aliphatic rings.